The van der Waals surface area contributed by atoms with E-state index in [1.165, 1.54) is 6.07 Å². The van der Waals surface area contributed by atoms with E-state index in [1.54, 1.807) is 6.07 Å². The smallest absolute Gasteiger partial charge is 0.282 e. The van der Waals surface area contributed by atoms with Gasteiger partial charge in [-0.1, -0.05) is 32.8 Å². The van der Waals surface area contributed by atoms with E-state index in [1.807, 2.05) is 18.2 Å². The predicted molar refractivity (Wildman–Crippen MR) is 104 cm³/mol. The van der Waals surface area contributed by atoms with Crippen molar-refractivity contribution in [2.75, 3.05) is 0 Å². The Morgan fingerprint density at radius 3 is 2.04 bits per heavy atom. The summed E-state index contributed by atoms with van der Waals surface area (Å²) in [4.78, 5) is 9.33. The van der Waals surface area contributed by atoms with E-state index >= 15 is 0 Å². The number of unbranched alkanes of at least 4 members (excludes halogenated alkanes) is 2. The summed E-state index contributed by atoms with van der Waals surface area (Å²) in [6.45, 7) is 4.25. The highest BCUT2D eigenvalue weighted by Crippen LogP contribution is 2.30. The lowest BCUT2D eigenvalue weighted by Gasteiger charge is -2.10. The summed E-state index contributed by atoms with van der Waals surface area (Å²) in [6, 6.07) is 8.83. The number of hydrogen-bond acceptors (Lipinski definition) is 4. The van der Waals surface area contributed by atoms with Crippen molar-refractivity contribution in [2.24, 2.45) is 0 Å². The van der Waals surface area contributed by atoms with Crippen molar-refractivity contribution in [3.63, 3.8) is 0 Å². The maximum atomic E-state index is 11.9. The highest BCUT2D eigenvalue weighted by atomic mass is 32.2. The Balaban J connectivity index is 2.28. The highest BCUT2D eigenvalue weighted by Gasteiger charge is 2.18. The van der Waals surface area contributed by atoms with Crippen LogP contribution in [0.2, 0.25) is 0 Å². The minimum Gasteiger partial charge on any atom is -0.282 e. The van der Waals surface area contributed by atoms with Gasteiger partial charge in [-0.05, 0) is 49.9 Å². The SMILES string of the molecule is CCCCc1ccc2cc(S(=O)(=O)O)c3ccc(CCCC)nc3c2n1. The van der Waals surface area contributed by atoms with Gasteiger partial charge in [-0.2, -0.15) is 8.42 Å². The van der Waals surface area contributed by atoms with Crippen LogP contribution in [0, 0.1) is 0 Å². The fourth-order valence-electron chi connectivity index (χ4n) is 3.12. The Hall–Kier alpha value is -2.05. The minimum atomic E-state index is -4.34. The molecule has 0 aliphatic carbocycles. The zero-order chi connectivity index (χ0) is 18.7. The van der Waals surface area contributed by atoms with Gasteiger partial charge in [0.25, 0.3) is 10.1 Å². The van der Waals surface area contributed by atoms with E-state index in [4.69, 9.17) is 9.97 Å². The zero-order valence-electron chi connectivity index (χ0n) is 15.2. The van der Waals surface area contributed by atoms with Gasteiger partial charge in [-0.25, -0.2) is 0 Å². The molecule has 0 aliphatic heterocycles. The number of pyridine rings is 2. The van der Waals surface area contributed by atoms with Gasteiger partial charge >= 0.3 is 0 Å². The molecule has 26 heavy (non-hydrogen) atoms. The third-order valence-corrected chi connectivity index (χ3v) is 5.46. The molecule has 0 radical (unpaired) electrons. The van der Waals surface area contributed by atoms with Crippen LogP contribution in [-0.2, 0) is 23.0 Å². The number of aromatic nitrogens is 2. The number of nitrogens with zero attached hydrogens (tertiary/aromatic N) is 2. The maximum absolute atomic E-state index is 11.9. The Labute approximate surface area is 154 Å². The Morgan fingerprint density at radius 2 is 1.46 bits per heavy atom. The molecule has 1 aromatic carbocycles. The second kappa shape index (κ2) is 7.68. The predicted octanol–water partition coefficient (Wildman–Crippen LogP) is 4.71. The molecule has 138 valence electrons. The summed E-state index contributed by atoms with van der Waals surface area (Å²) >= 11 is 0. The second-order valence-corrected chi connectivity index (χ2v) is 8.02. The third kappa shape index (κ3) is 3.86. The molecule has 3 rings (SSSR count). The first-order chi connectivity index (χ1) is 12.4. The molecular formula is C20H24N2O3S. The lowest BCUT2D eigenvalue weighted by Crippen LogP contribution is -2.02. The van der Waals surface area contributed by atoms with Crippen LogP contribution in [0.25, 0.3) is 21.8 Å². The van der Waals surface area contributed by atoms with Crippen molar-refractivity contribution < 1.29 is 13.0 Å². The summed E-state index contributed by atoms with van der Waals surface area (Å²) < 4.78 is 33.4. The zero-order valence-corrected chi connectivity index (χ0v) is 16.0. The van der Waals surface area contributed by atoms with Gasteiger partial charge in [0.15, 0.2) is 0 Å². The number of rotatable bonds is 7. The third-order valence-electron chi connectivity index (χ3n) is 4.56. The molecule has 6 heteroatoms. The van der Waals surface area contributed by atoms with Gasteiger partial charge in [0.05, 0.1) is 11.0 Å². The molecule has 0 saturated heterocycles. The van der Waals surface area contributed by atoms with Crippen molar-refractivity contribution in [3.05, 3.63) is 41.7 Å². The molecule has 0 unspecified atom stereocenters. The molecule has 0 aliphatic rings. The molecule has 3 aromatic rings. The van der Waals surface area contributed by atoms with Gasteiger partial charge in [0.2, 0.25) is 0 Å². The second-order valence-electron chi connectivity index (χ2n) is 6.63. The average molecular weight is 372 g/mol. The first-order valence-corrected chi connectivity index (χ1v) is 10.6. The molecule has 0 amide bonds. The standard InChI is InChI=1S/C20H24N2O3S/c1-3-5-7-15-10-9-14-13-18(26(23,24)25)17-12-11-16(8-6-4-2)22-20(17)19(14)21-15/h9-13H,3-8H2,1-2H3,(H,23,24,25). The molecule has 0 saturated carbocycles. The first kappa shape index (κ1) is 18.7. The van der Waals surface area contributed by atoms with Crippen LogP contribution in [0.15, 0.2) is 35.2 Å². The normalized spacial score (nSPS) is 12.1. The van der Waals surface area contributed by atoms with Crippen molar-refractivity contribution in [3.8, 4) is 0 Å². The van der Waals surface area contributed by atoms with E-state index < -0.39 is 10.1 Å². The van der Waals surface area contributed by atoms with Crippen LogP contribution >= 0.6 is 0 Å². The van der Waals surface area contributed by atoms with E-state index in [9.17, 15) is 13.0 Å². The van der Waals surface area contributed by atoms with E-state index in [2.05, 4.69) is 13.8 Å². The molecule has 0 spiro atoms. The van der Waals surface area contributed by atoms with Crippen molar-refractivity contribution >= 4 is 31.9 Å². The lowest BCUT2D eigenvalue weighted by atomic mass is 10.1. The molecule has 0 bridgehead atoms. The molecule has 2 aromatic heterocycles. The van der Waals surface area contributed by atoms with Crippen LogP contribution in [-0.4, -0.2) is 22.9 Å². The molecule has 2 heterocycles. The van der Waals surface area contributed by atoms with E-state index in [0.29, 0.717) is 21.8 Å². The summed E-state index contributed by atoms with van der Waals surface area (Å²) in [5.41, 5.74) is 3.12. The Kier molecular flexibility index (Phi) is 5.53. The minimum absolute atomic E-state index is 0.113. The van der Waals surface area contributed by atoms with Crippen LogP contribution < -0.4 is 0 Å². The van der Waals surface area contributed by atoms with Crippen LogP contribution in [0.1, 0.15) is 50.9 Å². The first-order valence-electron chi connectivity index (χ1n) is 9.13. The van der Waals surface area contributed by atoms with Crippen LogP contribution in [0.5, 0.6) is 0 Å². The van der Waals surface area contributed by atoms with Crippen LogP contribution in [0.3, 0.4) is 0 Å². The summed E-state index contributed by atoms with van der Waals surface area (Å²) in [7, 11) is -4.34. The molecular weight excluding hydrogens is 348 g/mol. The average Bonchev–Trinajstić information content (AvgIpc) is 2.63. The van der Waals surface area contributed by atoms with Gasteiger partial charge in [-0.15, -0.1) is 0 Å². The number of aryl methyl sites for hydroxylation is 2. The lowest BCUT2D eigenvalue weighted by molar-refractivity contribution is 0.484. The Morgan fingerprint density at radius 1 is 0.885 bits per heavy atom. The van der Waals surface area contributed by atoms with Gasteiger partial charge in [0.1, 0.15) is 4.90 Å². The van der Waals surface area contributed by atoms with Crippen molar-refractivity contribution in [1.29, 1.82) is 0 Å². The quantitative estimate of drug-likeness (QED) is 0.480. The van der Waals surface area contributed by atoms with E-state index in [0.717, 1.165) is 49.9 Å². The number of hydrogen-bond donors (Lipinski definition) is 1. The summed E-state index contributed by atoms with van der Waals surface area (Å²) in [6.07, 6.45) is 5.92. The van der Waals surface area contributed by atoms with Crippen molar-refractivity contribution in [1.82, 2.24) is 9.97 Å². The summed E-state index contributed by atoms with van der Waals surface area (Å²) in [5, 5.41) is 1.09. The Bertz CT molecular complexity index is 1050. The number of benzene rings is 1. The molecule has 5 nitrogen and oxygen atoms in total. The fourth-order valence-corrected chi connectivity index (χ4v) is 3.84. The molecule has 0 fully saturated rings. The van der Waals surface area contributed by atoms with Gasteiger partial charge < -0.3 is 0 Å². The monoisotopic (exact) mass is 372 g/mol. The van der Waals surface area contributed by atoms with E-state index in [-0.39, 0.29) is 4.90 Å². The fraction of sp³-hybridized carbons (Fsp3) is 0.400. The van der Waals surface area contributed by atoms with Crippen molar-refractivity contribution in [2.45, 2.75) is 57.3 Å². The highest BCUT2D eigenvalue weighted by molar-refractivity contribution is 7.86. The van der Waals surface area contributed by atoms with Crippen LogP contribution in [0.4, 0.5) is 0 Å². The topological polar surface area (TPSA) is 80.2 Å². The molecule has 0 atom stereocenters. The number of fused-ring (bicyclic) bond motifs is 3. The maximum Gasteiger partial charge on any atom is 0.295 e. The summed E-state index contributed by atoms with van der Waals surface area (Å²) in [5.74, 6) is 0. The van der Waals surface area contributed by atoms with Gasteiger partial charge in [-0.3, -0.25) is 14.5 Å². The van der Waals surface area contributed by atoms with Gasteiger partial charge in [0, 0.05) is 22.2 Å². The largest absolute Gasteiger partial charge is 0.295 e. The molecule has 1 N–H and O–H groups in total.